The summed E-state index contributed by atoms with van der Waals surface area (Å²) in [5, 5.41) is 21.7. The molecule has 0 aliphatic carbocycles. The van der Waals surface area contributed by atoms with Gasteiger partial charge in [-0.1, -0.05) is 24.3 Å². The summed E-state index contributed by atoms with van der Waals surface area (Å²) in [6.45, 7) is -0.314. The van der Waals surface area contributed by atoms with Crippen LogP contribution in [0.4, 0.5) is 8.78 Å². The number of nitrogens with one attached hydrogen (secondary N) is 1. The summed E-state index contributed by atoms with van der Waals surface area (Å²) in [6.07, 6.45) is 1.60. The number of fused-ring (bicyclic) bond motifs is 1. The highest BCUT2D eigenvalue weighted by Crippen LogP contribution is 2.25. The second kappa shape index (κ2) is 7.08. The van der Waals surface area contributed by atoms with Gasteiger partial charge in [-0.05, 0) is 34.0 Å². The molecule has 0 aliphatic heterocycles. The summed E-state index contributed by atoms with van der Waals surface area (Å²) >= 11 is 0. The van der Waals surface area contributed by atoms with Gasteiger partial charge in [-0.2, -0.15) is 0 Å². The van der Waals surface area contributed by atoms with E-state index in [2.05, 4.69) is 20.5 Å². The maximum Gasteiger partial charge on any atom is 0.274 e. The number of aromatic nitrogens is 5. The lowest BCUT2D eigenvalue weighted by Crippen LogP contribution is -2.19. The van der Waals surface area contributed by atoms with E-state index in [1.165, 1.54) is 10.2 Å². The minimum absolute atomic E-state index is 0.243. The summed E-state index contributed by atoms with van der Waals surface area (Å²) in [5.41, 5.74) is 1.12. The Morgan fingerprint density at radius 2 is 1.89 bits per heavy atom. The highest BCUT2D eigenvalue weighted by molar-refractivity contribution is 5.93. The van der Waals surface area contributed by atoms with Gasteiger partial charge in [-0.15, -0.1) is 5.10 Å². The van der Waals surface area contributed by atoms with Crippen molar-refractivity contribution in [2.75, 3.05) is 0 Å². The summed E-state index contributed by atoms with van der Waals surface area (Å²) in [4.78, 5) is 15.7. The molecule has 0 atom stereocenters. The first kappa shape index (κ1) is 17.6. The molecule has 0 saturated heterocycles. The van der Waals surface area contributed by atoms with Crippen LogP contribution in [0, 0.1) is 11.6 Å². The molecule has 0 aliphatic rings. The third-order valence-corrected chi connectivity index (χ3v) is 4.23. The molecule has 4 aromatic rings. The van der Waals surface area contributed by atoms with Gasteiger partial charge in [0.2, 0.25) is 5.82 Å². The lowest BCUT2D eigenvalue weighted by Gasteiger charge is -2.09. The van der Waals surface area contributed by atoms with Crippen molar-refractivity contribution < 1.29 is 18.8 Å². The van der Waals surface area contributed by atoms with E-state index in [1.807, 2.05) is 30.3 Å². The summed E-state index contributed by atoms with van der Waals surface area (Å²) in [6, 6.07) is 10.9. The number of hydroxylamine groups is 1. The van der Waals surface area contributed by atoms with Crippen LogP contribution in [-0.2, 0) is 6.54 Å². The van der Waals surface area contributed by atoms with Crippen LogP contribution in [0.2, 0.25) is 0 Å². The Balaban J connectivity index is 1.76. The van der Waals surface area contributed by atoms with E-state index in [0.29, 0.717) is 5.69 Å². The molecule has 28 heavy (non-hydrogen) atoms. The Morgan fingerprint density at radius 3 is 2.64 bits per heavy atom. The molecule has 4 rings (SSSR count). The smallest absolute Gasteiger partial charge is 0.274 e. The Bertz CT molecular complexity index is 1170. The number of hydrogen-bond acceptors (Lipinski definition) is 6. The summed E-state index contributed by atoms with van der Waals surface area (Å²) in [7, 11) is 0. The lowest BCUT2D eigenvalue weighted by atomic mass is 10.1. The van der Waals surface area contributed by atoms with Crippen LogP contribution in [0.3, 0.4) is 0 Å². The number of carbonyl (C=O) groups is 1. The highest BCUT2D eigenvalue weighted by Gasteiger charge is 2.19. The Morgan fingerprint density at radius 1 is 1.14 bits per heavy atom. The molecule has 0 bridgehead atoms. The molecular weight excluding hydrogens is 370 g/mol. The van der Waals surface area contributed by atoms with E-state index in [0.717, 1.165) is 22.9 Å². The van der Waals surface area contributed by atoms with Crippen molar-refractivity contribution in [3.63, 3.8) is 0 Å². The van der Waals surface area contributed by atoms with Crippen molar-refractivity contribution >= 4 is 16.7 Å². The number of rotatable bonds is 4. The van der Waals surface area contributed by atoms with Gasteiger partial charge in [0.1, 0.15) is 17.3 Å². The molecule has 2 aromatic carbocycles. The van der Waals surface area contributed by atoms with Gasteiger partial charge < -0.3 is 0 Å². The minimum atomic E-state index is -1.02. The quantitative estimate of drug-likeness (QED) is 0.415. The van der Waals surface area contributed by atoms with Crippen LogP contribution in [0.15, 0.2) is 48.7 Å². The number of nitrogens with zero attached hydrogens (tertiary/aromatic N) is 5. The fraction of sp³-hybridized carbons (Fsp3) is 0.0556. The molecule has 10 heteroatoms. The van der Waals surface area contributed by atoms with Crippen LogP contribution in [0.5, 0.6) is 0 Å². The predicted molar refractivity (Wildman–Crippen MR) is 93.3 cm³/mol. The number of hydrogen-bond donors (Lipinski definition) is 2. The largest absolute Gasteiger partial charge is 0.288 e. The average molecular weight is 382 g/mol. The van der Waals surface area contributed by atoms with Crippen LogP contribution in [0.25, 0.3) is 22.3 Å². The van der Waals surface area contributed by atoms with E-state index in [9.17, 15) is 13.6 Å². The number of carbonyl (C=O) groups excluding carboxylic acids is 1. The molecule has 2 N–H and O–H groups in total. The highest BCUT2D eigenvalue weighted by atomic mass is 19.1. The SMILES string of the molecule is O=C(NO)c1cc(F)c(Cn2nnnc2-c2nccc3ccccc23)c(F)c1. The standard InChI is InChI=1S/C18H12F2N6O2/c19-14-7-11(18(27)23-28)8-15(20)13(14)9-26-17(22-24-25-26)16-12-4-2-1-3-10(12)5-6-21-16/h1-8,28H,9H2,(H,23,27). The average Bonchev–Trinajstić information content (AvgIpc) is 3.17. The van der Waals surface area contributed by atoms with Gasteiger partial charge in [0.25, 0.3) is 5.91 Å². The second-order valence-electron chi connectivity index (χ2n) is 5.90. The van der Waals surface area contributed by atoms with Gasteiger partial charge in [0.05, 0.1) is 6.54 Å². The summed E-state index contributed by atoms with van der Waals surface area (Å²) in [5.74, 6) is -2.71. The Hall–Kier alpha value is -3.79. The molecule has 0 radical (unpaired) electrons. The fourth-order valence-corrected chi connectivity index (χ4v) is 2.88. The maximum atomic E-state index is 14.4. The van der Waals surface area contributed by atoms with Gasteiger partial charge >= 0.3 is 0 Å². The summed E-state index contributed by atoms with van der Waals surface area (Å²) < 4.78 is 30.0. The molecule has 140 valence electrons. The first-order valence-electron chi connectivity index (χ1n) is 8.11. The van der Waals surface area contributed by atoms with Gasteiger partial charge in [-0.3, -0.25) is 15.0 Å². The van der Waals surface area contributed by atoms with Gasteiger partial charge in [0, 0.05) is 22.7 Å². The molecule has 0 fully saturated rings. The molecule has 2 aromatic heterocycles. The number of tetrazole rings is 1. The van der Waals surface area contributed by atoms with Crippen molar-refractivity contribution in [2.45, 2.75) is 6.54 Å². The van der Waals surface area contributed by atoms with Crippen LogP contribution in [0.1, 0.15) is 15.9 Å². The molecule has 1 amide bonds. The zero-order chi connectivity index (χ0) is 19.7. The monoisotopic (exact) mass is 382 g/mol. The minimum Gasteiger partial charge on any atom is -0.288 e. The normalized spacial score (nSPS) is 11.0. The Labute approximate surface area is 156 Å². The van der Waals surface area contributed by atoms with Crippen molar-refractivity contribution in [2.24, 2.45) is 0 Å². The van der Waals surface area contributed by atoms with Crippen molar-refractivity contribution in [3.8, 4) is 11.5 Å². The molecule has 0 unspecified atom stereocenters. The van der Waals surface area contributed by atoms with Crippen molar-refractivity contribution in [3.05, 3.63) is 71.4 Å². The first-order valence-corrected chi connectivity index (χ1v) is 8.11. The van der Waals surface area contributed by atoms with E-state index >= 15 is 0 Å². The zero-order valence-corrected chi connectivity index (χ0v) is 14.2. The third kappa shape index (κ3) is 3.05. The molecular formula is C18H12F2N6O2. The van der Waals surface area contributed by atoms with Gasteiger partial charge in [-0.25, -0.2) is 18.9 Å². The maximum absolute atomic E-state index is 14.4. The predicted octanol–water partition coefficient (Wildman–Crippen LogP) is 2.33. The molecule has 0 saturated carbocycles. The van der Waals surface area contributed by atoms with Gasteiger partial charge in [0.15, 0.2) is 0 Å². The third-order valence-electron chi connectivity index (χ3n) is 4.23. The molecule has 0 spiro atoms. The molecule has 2 heterocycles. The number of benzene rings is 2. The zero-order valence-electron chi connectivity index (χ0n) is 14.2. The lowest BCUT2D eigenvalue weighted by molar-refractivity contribution is 0.0705. The van der Waals surface area contributed by atoms with E-state index in [-0.39, 0.29) is 23.5 Å². The first-order chi connectivity index (χ1) is 13.6. The second-order valence-corrected chi connectivity index (χ2v) is 5.90. The van der Waals surface area contributed by atoms with E-state index in [1.54, 1.807) is 6.20 Å². The molecule has 8 nitrogen and oxygen atoms in total. The number of halogens is 2. The fourth-order valence-electron chi connectivity index (χ4n) is 2.88. The number of pyridine rings is 1. The number of amides is 1. The van der Waals surface area contributed by atoms with Crippen molar-refractivity contribution in [1.29, 1.82) is 0 Å². The topological polar surface area (TPSA) is 106 Å². The van der Waals surface area contributed by atoms with E-state index < -0.39 is 17.5 Å². The van der Waals surface area contributed by atoms with Crippen LogP contribution < -0.4 is 5.48 Å². The van der Waals surface area contributed by atoms with Crippen LogP contribution in [-0.4, -0.2) is 36.3 Å². The van der Waals surface area contributed by atoms with E-state index in [4.69, 9.17) is 5.21 Å². The van der Waals surface area contributed by atoms with Crippen LogP contribution >= 0.6 is 0 Å². The van der Waals surface area contributed by atoms with Crippen molar-refractivity contribution in [1.82, 2.24) is 30.7 Å². The Kier molecular flexibility index (Phi) is 4.45.